The van der Waals surface area contributed by atoms with Crippen LogP contribution in [0.2, 0.25) is 0 Å². The van der Waals surface area contributed by atoms with Crippen LogP contribution in [0, 0.1) is 5.92 Å². The molecule has 1 rings (SSSR count). The molecule has 0 spiro atoms. The largest absolute Gasteiger partial charge is 0.444 e. The Balaban J connectivity index is 2.63. The van der Waals surface area contributed by atoms with Gasteiger partial charge in [0.15, 0.2) is 0 Å². The third kappa shape index (κ3) is 9.04. The third-order valence-electron chi connectivity index (χ3n) is 5.06. The Kier molecular flexibility index (Phi) is 8.93. The summed E-state index contributed by atoms with van der Waals surface area (Å²) in [5.41, 5.74) is -1.60. The summed E-state index contributed by atoms with van der Waals surface area (Å²) in [4.78, 5) is 24.5. The minimum absolute atomic E-state index is 0.0348. The summed E-state index contributed by atoms with van der Waals surface area (Å²) in [5, 5.41) is 19.5. The summed E-state index contributed by atoms with van der Waals surface area (Å²) in [6.45, 7) is 17.3. The van der Waals surface area contributed by atoms with Crippen molar-refractivity contribution in [2.24, 2.45) is 5.92 Å². The number of rotatable bonds is 7. The maximum absolute atomic E-state index is 12.5. The van der Waals surface area contributed by atoms with Gasteiger partial charge in [-0.15, -0.1) is 10.3 Å². The van der Waals surface area contributed by atoms with Gasteiger partial charge in [-0.3, -0.25) is 4.79 Å². The number of carbonyl (C=O) groups is 2. The number of nitrogens with zero attached hydrogens (tertiary/aromatic N) is 1. The highest BCUT2D eigenvalue weighted by Crippen LogP contribution is 2.36. The van der Waals surface area contributed by atoms with Crippen molar-refractivity contribution in [3.63, 3.8) is 0 Å². The standard InChI is InChI=1S/C23H42N3O4/c1-16(2)13-17(25-20(28)30-21(3,4)5)11-10-12-19(27)24-18-14-22(6,7)26(29)23(8,9)15-18/h10-11,16-18H,12-15H2,1-9H3,(H,24,27)(H,25,28)/b11-10+/t17-/m1/s1. The van der Waals surface area contributed by atoms with E-state index in [4.69, 9.17) is 4.74 Å². The van der Waals surface area contributed by atoms with Crippen molar-refractivity contribution < 1.29 is 19.5 Å². The maximum atomic E-state index is 12.5. The van der Waals surface area contributed by atoms with E-state index < -0.39 is 22.8 Å². The van der Waals surface area contributed by atoms with Gasteiger partial charge in [0.25, 0.3) is 0 Å². The smallest absolute Gasteiger partial charge is 0.408 e. The van der Waals surface area contributed by atoms with Crippen molar-refractivity contribution in [3.8, 4) is 0 Å². The van der Waals surface area contributed by atoms with Crippen molar-refractivity contribution >= 4 is 12.0 Å². The SMILES string of the molecule is CC(C)C[C@@H](/C=C/CC(=O)NC1CC(C)(C)N([O])C(C)(C)C1)NC(=O)OC(C)(C)C. The fraction of sp³-hybridized carbons (Fsp3) is 0.826. The highest BCUT2D eigenvalue weighted by molar-refractivity contribution is 5.77. The van der Waals surface area contributed by atoms with E-state index in [1.807, 2.05) is 54.5 Å². The van der Waals surface area contributed by atoms with Gasteiger partial charge >= 0.3 is 6.09 Å². The van der Waals surface area contributed by atoms with E-state index in [9.17, 15) is 14.8 Å². The Morgan fingerprint density at radius 2 is 1.67 bits per heavy atom. The predicted octanol–water partition coefficient (Wildman–Crippen LogP) is 4.36. The molecule has 1 aliphatic heterocycles. The molecule has 0 saturated carbocycles. The molecule has 30 heavy (non-hydrogen) atoms. The van der Waals surface area contributed by atoms with E-state index >= 15 is 0 Å². The molecule has 1 saturated heterocycles. The highest BCUT2D eigenvalue weighted by Gasteiger charge is 2.46. The van der Waals surface area contributed by atoms with E-state index in [0.29, 0.717) is 18.8 Å². The van der Waals surface area contributed by atoms with Crippen LogP contribution in [0.5, 0.6) is 0 Å². The predicted molar refractivity (Wildman–Crippen MR) is 118 cm³/mol. The summed E-state index contributed by atoms with van der Waals surface area (Å²) < 4.78 is 5.33. The zero-order valence-corrected chi connectivity index (χ0v) is 20.3. The molecule has 7 heteroatoms. The number of hydrogen-bond acceptors (Lipinski definition) is 4. The number of amides is 2. The quantitative estimate of drug-likeness (QED) is 0.594. The Morgan fingerprint density at radius 3 is 2.13 bits per heavy atom. The van der Waals surface area contributed by atoms with Gasteiger partial charge in [0, 0.05) is 23.5 Å². The fourth-order valence-corrected chi connectivity index (χ4v) is 4.14. The molecule has 1 heterocycles. The van der Waals surface area contributed by atoms with E-state index in [-0.39, 0.29) is 24.4 Å². The molecular formula is C23H42N3O4. The van der Waals surface area contributed by atoms with Crippen molar-refractivity contribution in [2.75, 3.05) is 0 Å². The molecule has 0 aromatic rings. The lowest BCUT2D eigenvalue weighted by Crippen LogP contribution is -2.62. The van der Waals surface area contributed by atoms with Crippen LogP contribution in [-0.2, 0) is 14.7 Å². The Bertz CT molecular complexity index is 602. The number of alkyl carbamates (subject to hydrolysis) is 1. The van der Waals surface area contributed by atoms with Gasteiger partial charge in [-0.1, -0.05) is 26.0 Å². The second kappa shape index (κ2) is 10.1. The number of nitrogens with one attached hydrogen (secondary N) is 2. The topological polar surface area (TPSA) is 90.6 Å². The third-order valence-corrected chi connectivity index (χ3v) is 5.06. The van der Waals surface area contributed by atoms with Crippen molar-refractivity contribution in [1.82, 2.24) is 15.7 Å². The Hall–Kier alpha value is -1.60. The van der Waals surface area contributed by atoms with Crippen LogP contribution >= 0.6 is 0 Å². The molecule has 1 radical (unpaired) electrons. The van der Waals surface area contributed by atoms with Crippen molar-refractivity contribution in [1.29, 1.82) is 0 Å². The molecule has 1 atom stereocenters. The van der Waals surface area contributed by atoms with Gasteiger partial charge in [0.05, 0.1) is 6.04 Å². The molecule has 0 bridgehead atoms. The first kappa shape index (κ1) is 26.4. The average Bonchev–Trinajstić information content (AvgIpc) is 2.49. The highest BCUT2D eigenvalue weighted by atomic mass is 16.6. The zero-order valence-electron chi connectivity index (χ0n) is 20.3. The van der Waals surface area contributed by atoms with Crippen LogP contribution in [0.3, 0.4) is 0 Å². The summed E-state index contributed by atoms with van der Waals surface area (Å²) in [6, 6.07) is -0.235. The second-order valence-electron chi connectivity index (χ2n) is 11.1. The number of ether oxygens (including phenoxy) is 1. The molecule has 0 aromatic carbocycles. The lowest BCUT2D eigenvalue weighted by molar-refractivity contribution is -0.290. The van der Waals surface area contributed by atoms with Crippen LogP contribution in [0.4, 0.5) is 4.79 Å². The van der Waals surface area contributed by atoms with Gasteiger partial charge in [0.1, 0.15) is 5.60 Å². The van der Waals surface area contributed by atoms with Crippen molar-refractivity contribution in [3.05, 3.63) is 12.2 Å². The molecule has 0 unspecified atom stereocenters. The molecule has 7 nitrogen and oxygen atoms in total. The van der Waals surface area contributed by atoms with Gasteiger partial charge in [0.2, 0.25) is 5.91 Å². The average molecular weight is 425 g/mol. The summed E-state index contributed by atoms with van der Waals surface area (Å²) in [6.07, 6.45) is 5.40. The molecule has 1 aliphatic rings. The molecule has 0 aliphatic carbocycles. The normalized spacial score (nSPS) is 20.9. The van der Waals surface area contributed by atoms with Gasteiger partial charge in [-0.05, 0) is 73.6 Å². The first-order chi connectivity index (χ1) is 13.5. The summed E-state index contributed by atoms with van der Waals surface area (Å²) >= 11 is 0. The number of hydroxylamine groups is 2. The lowest BCUT2D eigenvalue weighted by atomic mass is 9.79. The first-order valence-electron chi connectivity index (χ1n) is 10.9. The molecule has 2 N–H and O–H groups in total. The first-order valence-corrected chi connectivity index (χ1v) is 10.9. The molecule has 1 fully saturated rings. The number of piperidine rings is 1. The van der Waals surface area contributed by atoms with Crippen molar-refractivity contribution in [2.45, 2.75) is 117 Å². The zero-order chi connectivity index (χ0) is 23.3. The maximum Gasteiger partial charge on any atom is 0.408 e. The van der Waals surface area contributed by atoms with Crippen LogP contribution in [0.25, 0.3) is 0 Å². The second-order valence-corrected chi connectivity index (χ2v) is 11.1. The van der Waals surface area contributed by atoms with Crippen LogP contribution in [0.1, 0.15) is 88.0 Å². The van der Waals surface area contributed by atoms with E-state index in [2.05, 4.69) is 24.5 Å². The van der Waals surface area contributed by atoms with E-state index in [0.717, 1.165) is 11.5 Å². The summed E-state index contributed by atoms with van der Waals surface area (Å²) in [5.74, 6) is 0.299. The number of hydrogen-bond donors (Lipinski definition) is 2. The van der Waals surface area contributed by atoms with Gasteiger partial charge in [-0.2, -0.15) is 0 Å². The van der Waals surface area contributed by atoms with Gasteiger partial charge in [-0.25, -0.2) is 4.79 Å². The number of carbonyl (C=O) groups excluding carboxylic acids is 2. The van der Waals surface area contributed by atoms with Gasteiger partial charge < -0.3 is 15.4 Å². The monoisotopic (exact) mass is 424 g/mol. The van der Waals surface area contributed by atoms with E-state index in [1.54, 1.807) is 6.08 Å². The minimum Gasteiger partial charge on any atom is -0.444 e. The van der Waals surface area contributed by atoms with E-state index in [1.165, 1.54) is 0 Å². The molecule has 173 valence electrons. The molecule has 0 aromatic heterocycles. The van der Waals surface area contributed by atoms with Crippen LogP contribution in [0.15, 0.2) is 12.2 Å². The molecule has 2 amide bonds. The Labute approximate surface area is 182 Å². The van der Waals surface area contributed by atoms with Crippen LogP contribution in [-0.4, -0.2) is 45.8 Å². The fourth-order valence-electron chi connectivity index (χ4n) is 4.14. The lowest BCUT2D eigenvalue weighted by Gasteiger charge is -2.50. The summed E-state index contributed by atoms with van der Waals surface area (Å²) in [7, 11) is 0. The molecular weight excluding hydrogens is 382 g/mol. The Morgan fingerprint density at radius 1 is 1.13 bits per heavy atom. The van der Waals surface area contributed by atoms with Crippen LogP contribution < -0.4 is 10.6 Å². The minimum atomic E-state index is -0.558.